The molecule has 3 heterocycles. The molecule has 2 aromatic carbocycles. The lowest BCUT2D eigenvalue weighted by Crippen LogP contribution is -2.51. The van der Waals surface area contributed by atoms with Crippen molar-refractivity contribution in [2.24, 2.45) is 0 Å². The van der Waals surface area contributed by atoms with Crippen molar-refractivity contribution >= 4 is 35.0 Å². The average Bonchev–Trinajstić information content (AvgIpc) is 3.45. The number of nitrogens with zero attached hydrogens (tertiary/aromatic N) is 5. The number of benzene rings is 2. The van der Waals surface area contributed by atoms with Crippen LogP contribution in [0.2, 0.25) is 5.02 Å². The van der Waals surface area contributed by atoms with E-state index in [1.807, 2.05) is 53.1 Å². The number of anilines is 2. The van der Waals surface area contributed by atoms with Gasteiger partial charge in [0.05, 0.1) is 12.2 Å². The van der Waals surface area contributed by atoms with Crippen LogP contribution in [0.1, 0.15) is 41.9 Å². The Balaban J connectivity index is 1.36. The van der Waals surface area contributed by atoms with Crippen molar-refractivity contribution in [1.82, 2.24) is 20.0 Å². The number of hydrogen-bond donors (Lipinski definition) is 2. The summed E-state index contributed by atoms with van der Waals surface area (Å²) in [6, 6.07) is 12.8. The summed E-state index contributed by atoms with van der Waals surface area (Å²) in [5, 5.41) is 16.5. The molecule has 0 aliphatic carbocycles. The summed E-state index contributed by atoms with van der Waals surface area (Å²) >= 11 is 6.38. The van der Waals surface area contributed by atoms with Gasteiger partial charge in [-0.3, -0.25) is 4.68 Å². The summed E-state index contributed by atoms with van der Waals surface area (Å²) < 4.78 is 42.5. The van der Waals surface area contributed by atoms with Crippen LogP contribution in [0.4, 0.5) is 29.3 Å². The fourth-order valence-corrected chi connectivity index (χ4v) is 5.91. The van der Waals surface area contributed by atoms with Crippen LogP contribution < -0.4 is 15.1 Å². The van der Waals surface area contributed by atoms with Gasteiger partial charge in [0.2, 0.25) is 0 Å². The molecule has 3 aromatic rings. The number of aromatic nitrogens is 2. The molecular weight excluding hydrogens is 573 g/mol. The molecule has 2 N–H and O–H groups in total. The number of carbonyl (C=O) groups is 2. The van der Waals surface area contributed by atoms with Crippen molar-refractivity contribution in [3.63, 3.8) is 0 Å². The summed E-state index contributed by atoms with van der Waals surface area (Å²) in [6.07, 6.45) is -3.06. The maximum atomic E-state index is 13.9. The molecule has 2 aliphatic heterocycles. The van der Waals surface area contributed by atoms with Crippen molar-refractivity contribution in [1.29, 1.82) is 0 Å². The smallest absolute Gasteiger partial charge is 0.433 e. The maximum Gasteiger partial charge on any atom is 0.433 e. The first-order chi connectivity index (χ1) is 20.1. The highest BCUT2D eigenvalue weighted by molar-refractivity contribution is 6.31. The maximum absolute atomic E-state index is 13.9. The Labute approximate surface area is 246 Å². The lowest BCUT2D eigenvalue weighted by molar-refractivity contribution is -0.145. The fraction of sp³-hybridized carbons (Fsp3) is 0.414. The number of carbonyl (C=O) groups excluding carboxylic acids is 1. The van der Waals surface area contributed by atoms with E-state index >= 15 is 0 Å². The number of nitrogens with one attached hydrogen (secondary N) is 1. The Bertz CT molecular complexity index is 1440. The minimum Gasteiger partial charge on any atom is -0.478 e. The zero-order valence-electron chi connectivity index (χ0n) is 23.1. The molecule has 224 valence electrons. The molecular formula is C29H32ClF3N6O3. The van der Waals surface area contributed by atoms with E-state index in [-0.39, 0.29) is 12.6 Å². The Morgan fingerprint density at radius 1 is 1.05 bits per heavy atom. The summed E-state index contributed by atoms with van der Waals surface area (Å²) in [6.45, 7) is 6.00. The number of piperazine rings is 1. The molecule has 0 spiro atoms. The van der Waals surface area contributed by atoms with Gasteiger partial charge in [-0.15, -0.1) is 0 Å². The largest absolute Gasteiger partial charge is 0.478 e. The van der Waals surface area contributed by atoms with E-state index in [9.17, 15) is 27.9 Å². The molecule has 5 rings (SSSR count). The van der Waals surface area contributed by atoms with Crippen LogP contribution in [0.3, 0.4) is 0 Å². The number of aromatic carboxylic acids is 1. The Hall–Kier alpha value is -3.93. The number of rotatable bonds is 6. The number of piperidine rings is 1. The second kappa shape index (κ2) is 12.1. The number of halogens is 4. The SMILES string of the molecule is CCNC(=O)N1CCN(c2ccc(-c3ccc(Cl)cc3N3CCCC(n4ncc(C(=O)O)c4C(F)(F)F)C3)cc2)CC1. The summed E-state index contributed by atoms with van der Waals surface area (Å²) in [5.41, 5.74) is 1.54. The molecule has 0 radical (unpaired) electrons. The van der Waals surface area contributed by atoms with Crippen LogP contribution >= 0.6 is 11.6 Å². The molecule has 1 aromatic heterocycles. The zero-order chi connectivity index (χ0) is 30.0. The molecule has 0 saturated carbocycles. The standard InChI is InChI=1S/C29H32ClF3N6O3/c1-2-34-28(42)37-14-12-36(13-15-37)21-8-5-19(6-9-21)23-10-7-20(30)16-25(23)38-11-3-4-22(18-38)39-26(29(31,32)33)24(17-35-39)27(40)41/h5-10,16-17,22H,2-4,11-15,18H2,1H3,(H,34,42)(H,40,41). The van der Waals surface area contributed by atoms with Crippen molar-refractivity contribution in [3.8, 4) is 11.1 Å². The molecule has 2 fully saturated rings. The predicted molar refractivity (Wildman–Crippen MR) is 154 cm³/mol. The lowest BCUT2D eigenvalue weighted by Gasteiger charge is -2.37. The normalized spacial score (nSPS) is 17.8. The quantitative estimate of drug-likeness (QED) is 0.380. The van der Waals surface area contributed by atoms with Gasteiger partial charge in [-0.1, -0.05) is 29.8 Å². The van der Waals surface area contributed by atoms with Gasteiger partial charge < -0.3 is 25.1 Å². The third-order valence-corrected chi connectivity index (χ3v) is 8.01. The molecule has 1 unspecified atom stereocenters. The van der Waals surface area contributed by atoms with Gasteiger partial charge in [0, 0.05) is 67.8 Å². The molecule has 2 saturated heterocycles. The number of carboxylic acids is 1. The minimum absolute atomic E-state index is 0.0489. The first-order valence-electron chi connectivity index (χ1n) is 13.9. The predicted octanol–water partition coefficient (Wildman–Crippen LogP) is 5.61. The highest BCUT2D eigenvalue weighted by Crippen LogP contribution is 2.39. The summed E-state index contributed by atoms with van der Waals surface area (Å²) in [5.74, 6) is -1.66. The number of alkyl halides is 3. The monoisotopic (exact) mass is 604 g/mol. The third-order valence-electron chi connectivity index (χ3n) is 7.78. The van der Waals surface area contributed by atoms with Crippen LogP contribution in [0.25, 0.3) is 11.1 Å². The van der Waals surface area contributed by atoms with Crippen molar-refractivity contribution in [3.05, 3.63) is 64.9 Å². The molecule has 42 heavy (non-hydrogen) atoms. The van der Waals surface area contributed by atoms with Crippen molar-refractivity contribution in [2.75, 3.05) is 55.6 Å². The number of urea groups is 1. The second-order valence-corrected chi connectivity index (χ2v) is 10.9. The van der Waals surface area contributed by atoms with Crippen molar-refractivity contribution in [2.45, 2.75) is 32.0 Å². The Morgan fingerprint density at radius 3 is 2.40 bits per heavy atom. The first-order valence-corrected chi connectivity index (χ1v) is 14.2. The van der Waals surface area contributed by atoms with E-state index in [1.54, 1.807) is 6.07 Å². The van der Waals surface area contributed by atoms with Gasteiger partial charge in [-0.05, 0) is 49.6 Å². The van der Waals surface area contributed by atoms with Crippen molar-refractivity contribution < 1.29 is 27.9 Å². The van der Waals surface area contributed by atoms with Crippen LogP contribution in [0, 0.1) is 0 Å². The van der Waals surface area contributed by atoms with E-state index in [0.29, 0.717) is 44.0 Å². The van der Waals surface area contributed by atoms with Gasteiger partial charge in [-0.25, -0.2) is 9.59 Å². The highest BCUT2D eigenvalue weighted by Gasteiger charge is 2.42. The van der Waals surface area contributed by atoms with Crippen LogP contribution in [-0.4, -0.2) is 77.6 Å². The average molecular weight is 605 g/mol. The Kier molecular flexibility index (Phi) is 8.53. The van der Waals surface area contributed by atoms with Crippen LogP contribution in [-0.2, 0) is 6.18 Å². The topological polar surface area (TPSA) is 93.9 Å². The Morgan fingerprint density at radius 2 is 1.76 bits per heavy atom. The van der Waals surface area contributed by atoms with E-state index < -0.39 is 29.4 Å². The molecule has 2 amide bonds. The molecule has 13 heteroatoms. The molecule has 9 nitrogen and oxygen atoms in total. The van der Waals surface area contributed by atoms with Gasteiger partial charge in [-0.2, -0.15) is 18.3 Å². The zero-order valence-corrected chi connectivity index (χ0v) is 23.8. The molecule has 0 bridgehead atoms. The van der Waals surface area contributed by atoms with E-state index in [4.69, 9.17) is 11.6 Å². The number of hydrogen-bond acceptors (Lipinski definition) is 5. The van der Waals surface area contributed by atoms with Crippen LogP contribution in [0.5, 0.6) is 0 Å². The van der Waals surface area contributed by atoms with Crippen LogP contribution in [0.15, 0.2) is 48.7 Å². The fourth-order valence-electron chi connectivity index (χ4n) is 5.74. The highest BCUT2D eigenvalue weighted by atomic mass is 35.5. The lowest BCUT2D eigenvalue weighted by atomic mass is 9.99. The van der Waals surface area contributed by atoms with E-state index in [0.717, 1.165) is 46.5 Å². The van der Waals surface area contributed by atoms with Gasteiger partial charge >= 0.3 is 18.2 Å². The van der Waals surface area contributed by atoms with Gasteiger partial charge in [0.15, 0.2) is 5.69 Å². The van der Waals surface area contributed by atoms with Gasteiger partial charge in [0.1, 0.15) is 5.56 Å². The summed E-state index contributed by atoms with van der Waals surface area (Å²) in [4.78, 5) is 29.6. The third kappa shape index (κ3) is 6.13. The molecule has 1 atom stereocenters. The van der Waals surface area contributed by atoms with E-state index in [2.05, 4.69) is 15.3 Å². The summed E-state index contributed by atoms with van der Waals surface area (Å²) in [7, 11) is 0. The number of carboxylic acid groups (broad SMARTS) is 1. The van der Waals surface area contributed by atoms with Gasteiger partial charge in [0.25, 0.3) is 0 Å². The second-order valence-electron chi connectivity index (χ2n) is 10.4. The van der Waals surface area contributed by atoms with E-state index in [1.165, 1.54) is 0 Å². The number of amides is 2. The molecule has 2 aliphatic rings. The first kappa shape index (κ1) is 29.6. The minimum atomic E-state index is -4.86.